The van der Waals surface area contributed by atoms with Crippen molar-refractivity contribution in [3.8, 4) is 17.2 Å². The lowest BCUT2D eigenvalue weighted by molar-refractivity contribution is 0.0934. The molecule has 0 saturated carbocycles. The van der Waals surface area contributed by atoms with Crippen molar-refractivity contribution >= 4 is 5.91 Å². The van der Waals surface area contributed by atoms with Crippen molar-refractivity contribution < 1.29 is 19.0 Å². The van der Waals surface area contributed by atoms with Gasteiger partial charge in [0.2, 0.25) is 5.75 Å². The highest BCUT2D eigenvalue weighted by Gasteiger charge is 2.19. The molecular formula is C20H25NO4. The lowest BCUT2D eigenvalue weighted by atomic mass is 10.0. The van der Waals surface area contributed by atoms with Crippen molar-refractivity contribution in [3.05, 3.63) is 53.1 Å². The van der Waals surface area contributed by atoms with Gasteiger partial charge in [-0.1, -0.05) is 36.8 Å². The van der Waals surface area contributed by atoms with Gasteiger partial charge in [-0.2, -0.15) is 0 Å². The van der Waals surface area contributed by atoms with Crippen LogP contribution in [0.4, 0.5) is 0 Å². The first-order chi connectivity index (χ1) is 12.0. The maximum absolute atomic E-state index is 12.7. The van der Waals surface area contributed by atoms with Crippen LogP contribution in [0.15, 0.2) is 36.4 Å². The van der Waals surface area contributed by atoms with E-state index < -0.39 is 0 Å². The minimum Gasteiger partial charge on any atom is -0.493 e. The molecule has 0 fully saturated rings. The van der Waals surface area contributed by atoms with Crippen molar-refractivity contribution in [1.29, 1.82) is 0 Å². The number of carbonyl (C=O) groups excluding carboxylic acids is 1. The summed E-state index contributed by atoms with van der Waals surface area (Å²) in [6.07, 6.45) is 0.791. The zero-order valence-corrected chi connectivity index (χ0v) is 15.4. The predicted molar refractivity (Wildman–Crippen MR) is 97.8 cm³/mol. The van der Waals surface area contributed by atoms with Crippen molar-refractivity contribution in [1.82, 2.24) is 5.32 Å². The topological polar surface area (TPSA) is 56.8 Å². The molecule has 2 aromatic carbocycles. The number of rotatable bonds is 7. The van der Waals surface area contributed by atoms with E-state index in [1.54, 1.807) is 12.1 Å². The van der Waals surface area contributed by atoms with Crippen LogP contribution in [0.3, 0.4) is 0 Å². The van der Waals surface area contributed by atoms with Crippen LogP contribution in [-0.4, -0.2) is 27.2 Å². The second kappa shape index (κ2) is 8.42. The highest BCUT2D eigenvalue weighted by Crippen LogP contribution is 2.38. The van der Waals surface area contributed by atoms with E-state index in [2.05, 4.69) is 5.32 Å². The number of benzene rings is 2. The summed E-state index contributed by atoms with van der Waals surface area (Å²) < 4.78 is 15.9. The highest BCUT2D eigenvalue weighted by molar-refractivity contribution is 5.95. The monoisotopic (exact) mass is 343 g/mol. The molecule has 5 heteroatoms. The van der Waals surface area contributed by atoms with E-state index in [0.717, 1.165) is 12.0 Å². The molecule has 0 saturated heterocycles. The van der Waals surface area contributed by atoms with Crippen LogP contribution >= 0.6 is 0 Å². The van der Waals surface area contributed by atoms with Crippen molar-refractivity contribution in [2.45, 2.75) is 26.3 Å². The third-order valence-corrected chi connectivity index (χ3v) is 4.12. The van der Waals surface area contributed by atoms with E-state index in [4.69, 9.17) is 14.2 Å². The number of nitrogens with one attached hydrogen (secondary N) is 1. The number of amides is 1. The van der Waals surface area contributed by atoms with Gasteiger partial charge in [0, 0.05) is 5.56 Å². The standard InChI is InChI=1S/C20H25NO4/c1-6-16(14-9-7-13(2)8-10-14)21-20(22)15-11-17(23-3)19(25-5)18(12-15)24-4/h7-12,16H,6H2,1-5H3,(H,21,22)/t16-/m1/s1. The van der Waals surface area contributed by atoms with E-state index >= 15 is 0 Å². The Kier molecular flexibility index (Phi) is 6.28. The quantitative estimate of drug-likeness (QED) is 0.828. The van der Waals surface area contributed by atoms with Gasteiger partial charge in [-0.05, 0) is 31.0 Å². The van der Waals surface area contributed by atoms with Crippen LogP contribution in [0, 0.1) is 6.92 Å². The maximum Gasteiger partial charge on any atom is 0.252 e. The normalized spacial score (nSPS) is 11.6. The Bertz CT molecular complexity index is 700. The number of hydrogen-bond acceptors (Lipinski definition) is 4. The molecule has 2 rings (SSSR count). The summed E-state index contributed by atoms with van der Waals surface area (Å²) in [5, 5.41) is 3.07. The summed E-state index contributed by atoms with van der Waals surface area (Å²) in [7, 11) is 4.59. The van der Waals surface area contributed by atoms with Crippen LogP contribution < -0.4 is 19.5 Å². The molecule has 0 aliphatic heterocycles. The molecule has 0 radical (unpaired) electrons. The zero-order chi connectivity index (χ0) is 18.4. The minimum atomic E-state index is -0.188. The molecule has 0 aliphatic rings. The average molecular weight is 343 g/mol. The van der Waals surface area contributed by atoms with Crippen molar-refractivity contribution in [2.24, 2.45) is 0 Å². The number of carbonyl (C=O) groups is 1. The second-order valence-electron chi connectivity index (χ2n) is 5.76. The molecule has 0 unspecified atom stereocenters. The van der Waals surface area contributed by atoms with Gasteiger partial charge >= 0.3 is 0 Å². The van der Waals surface area contributed by atoms with Crippen molar-refractivity contribution in [2.75, 3.05) is 21.3 Å². The van der Waals surface area contributed by atoms with E-state index in [1.807, 2.05) is 38.1 Å². The van der Waals surface area contributed by atoms with Gasteiger partial charge in [-0.25, -0.2) is 0 Å². The smallest absolute Gasteiger partial charge is 0.252 e. The summed E-state index contributed by atoms with van der Waals surface area (Å²) in [6.45, 7) is 4.08. The van der Waals surface area contributed by atoms with Gasteiger partial charge in [-0.15, -0.1) is 0 Å². The van der Waals surface area contributed by atoms with Gasteiger partial charge in [0.05, 0.1) is 27.4 Å². The molecular weight excluding hydrogens is 318 g/mol. The highest BCUT2D eigenvalue weighted by atomic mass is 16.5. The van der Waals surface area contributed by atoms with Crippen molar-refractivity contribution in [3.63, 3.8) is 0 Å². The second-order valence-corrected chi connectivity index (χ2v) is 5.76. The molecule has 5 nitrogen and oxygen atoms in total. The Morgan fingerprint density at radius 1 is 1.00 bits per heavy atom. The van der Waals surface area contributed by atoms with Gasteiger partial charge in [0.25, 0.3) is 5.91 Å². The fraction of sp³-hybridized carbons (Fsp3) is 0.350. The molecule has 0 bridgehead atoms. The number of methoxy groups -OCH3 is 3. The molecule has 0 aliphatic carbocycles. The molecule has 0 heterocycles. The Morgan fingerprint density at radius 3 is 2.00 bits per heavy atom. The molecule has 25 heavy (non-hydrogen) atoms. The Balaban J connectivity index is 2.28. The first kappa shape index (κ1) is 18.6. The van der Waals surface area contributed by atoms with Gasteiger partial charge in [0.15, 0.2) is 11.5 Å². The van der Waals surface area contributed by atoms with E-state index in [-0.39, 0.29) is 11.9 Å². The van der Waals surface area contributed by atoms with Crippen LogP contribution in [0.1, 0.15) is 40.9 Å². The molecule has 2 aromatic rings. The first-order valence-corrected chi connectivity index (χ1v) is 8.21. The molecule has 0 aromatic heterocycles. The molecule has 134 valence electrons. The fourth-order valence-corrected chi connectivity index (χ4v) is 2.67. The van der Waals surface area contributed by atoms with Gasteiger partial charge in [0.1, 0.15) is 0 Å². The fourth-order valence-electron chi connectivity index (χ4n) is 2.67. The summed E-state index contributed by atoms with van der Waals surface area (Å²) in [4.78, 5) is 12.7. The SMILES string of the molecule is CC[C@@H](NC(=O)c1cc(OC)c(OC)c(OC)c1)c1ccc(C)cc1. The molecule has 1 N–H and O–H groups in total. The summed E-state index contributed by atoms with van der Waals surface area (Å²) in [5.41, 5.74) is 2.73. The third kappa shape index (κ3) is 4.24. The third-order valence-electron chi connectivity index (χ3n) is 4.12. The van der Waals surface area contributed by atoms with Crippen LogP contribution in [0.25, 0.3) is 0 Å². The molecule has 1 atom stereocenters. The number of ether oxygens (including phenoxy) is 3. The van der Waals surface area contributed by atoms with E-state index in [0.29, 0.717) is 22.8 Å². The van der Waals surface area contributed by atoms with Gasteiger partial charge < -0.3 is 19.5 Å². The summed E-state index contributed by atoms with van der Waals surface area (Å²) in [5.74, 6) is 1.18. The lowest BCUT2D eigenvalue weighted by Crippen LogP contribution is -2.28. The summed E-state index contributed by atoms with van der Waals surface area (Å²) >= 11 is 0. The van der Waals surface area contributed by atoms with Crippen LogP contribution in [0.2, 0.25) is 0 Å². The largest absolute Gasteiger partial charge is 0.493 e. The predicted octanol–water partition coefficient (Wildman–Crippen LogP) is 3.90. The maximum atomic E-state index is 12.7. The number of aryl methyl sites for hydroxylation is 1. The Hall–Kier alpha value is -2.69. The number of hydrogen-bond donors (Lipinski definition) is 1. The van der Waals surface area contributed by atoms with E-state index in [1.165, 1.54) is 26.9 Å². The molecule has 0 spiro atoms. The average Bonchev–Trinajstić information content (AvgIpc) is 2.65. The Labute approximate surface area is 148 Å². The summed E-state index contributed by atoms with van der Waals surface area (Å²) in [6, 6.07) is 11.4. The van der Waals surface area contributed by atoms with Crippen LogP contribution in [-0.2, 0) is 0 Å². The van der Waals surface area contributed by atoms with Gasteiger partial charge in [-0.3, -0.25) is 4.79 Å². The Morgan fingerprint density at radius 2 is 1.56 bits per heavy atom. The minimum absolute atomic E-state index is 0.0628. The molecule has 1 amide bonds. The lowest BCUT2D eigenvalue weighted by Gasteiger charge is -2.19. The van der Waals surface area contributed by atoms with Crippen LogP contribution in [0.5, 0.6) is 17.2 Å². The zero-order valence-electron chi connectivity index (χ0n) is 15.4. The van der Waals surface area contributed by atoms with E-state index in [9.17, 15) is 4.79 Å². The first-order valence-electron chi connectivity index (χ1n) is 8.21.